The Kier molecular flexibility index (Phi) is 7.52. The number of halogens is 4. The van der Waals surface area contributed by atoms with Gasteiger partial charge in [-0.2, -0.15) is 13.2 Å². The number of nitrogens with two attached hydrogens (primary N) is 1. The maximum absolute atomic E-state index is 13.8. The van der Waals surface area contributed by atoms with E-state index in [9.17, 15) is 27.2 Å². The van der Waals surface area contributed by atoms with Crippen LogP contribution in [0.5, 0.6) is 0 Å². The average molecular weight is 527 g/mol. The number of Topliss-reactive ketones (excluding diaryl/α,β-unsaturated/α-hetero) is 1. The molecule has 1 unspecified atom stereocenters. The molecule has 0 aliphatic carbocycles. The third-order valence-corrected chi connectivity index (χ3v) is 6.18. The summed E-state index contributed by atoms with van der Waals surface area (Å²) in [5, 5.41) is 1.60. The van der Waals surface area contributed by atoms with Crippen LogP contribution in [0.1, 0.15) is 51.6 Å². The van der Waals surface area contributed by atoms with Gasteiger partial charge in [-0.15, -0.1) is 0 Å². The van der Waals surface area contributed by atoms with Crippen molar-refractivity contribution >= 4 is 23.1 Å². The minimum Gasteiger partial charge on any atom is -0.366 e. The van der Waals surface area contributed by atoms with Crippen LogP contribution in [-0.2, 0) is 0 Å². The largest absolute Gasteiger partial charge is 0.390 e. The maximum atomic E-state index is 13.8. The van der Waals surface area contributed by atoms with Gasteiger partial charge in [0.15, 0.2) is 0 Å². The van der Waals surface area contributed by atoms with E-state index in [1.165, 1.54) is 24.3 Å². The van der Waals surface area contributed by atoms with Crippen molar-refractivity contribution in [2.45, 2.75) is 32.9 Å². The van der Waals surface area contributed by atoms with Crippen molar-refractivity contribution in [3.05, 3.63) is 100 Å². The van der Waals surface area contributed by atoms with Gasteiger partial charge in [0.05, 0.1) is 23.5 Å². The third kappa shape index (κ3) is 6.01. The van der Waals surface area contributed by atoms with Gasteiger partial charge in [-0.25, -0.2) is 4.39 Å². The Labute approximate surface area is 217 Å². The fourth-order valence-corrected chi connectivity index (χ4v) is 4.29. The topological polar surface area (TPSA) is 87.8 Å². The van der Waals surface area contributed by atoms with E-state index in [1.54, 1.807) is 30.1 Å². The zero-order valence-corrected chi connectivity index (χ0v) is 20.8. The fourth-order valence-electron chi connectivity index (χ4n) is 4.29. The number of nitrogens with zero attached hydrogens (tertiary/aromatic N) is 2. The molecule has 0 fully saturated rings. The first kappa shape index (κ1) is 26.8. The smallest absolute Gasteiger partial charge is 0.366 e. The summed E-state index contributed by atoms with van der Waals surface area (Å²) in [5.74, 6) is -1.69. The van der Waals surface area contributed by atoms with E-state index >= 15 is 0 Å². The van der Waals surface area contributed by atoms with Gasteiger partial charge in [0.25, 0.3) is 0 Å². The number of primary amides is 1. The highest BCUT2D eigenvalue weighted by atomic mass is 19.4. The van der Waals surface area contributed by atoms with Gasteiger partial charge in [-0.1, -0.05) is 37.3 Å². The lowest BCUT2D eigenvalue weighted by atomic mass is 9.99. The number of hydrogen-bond donors (Lipinski definition) is 2. The number of alkyl halides is 3. The molecule has 2 aliphatic heterocycles. The molecule has 1 amide bonds. The second kappa shape index (κ2) is 10.6. The Morgan fingerprint density at radius 2 is 1.92 bits per heavy atom. The molecule has 3 N–H and O–H groups in total. The first-order valence-electron chi connectivity index (χ1n) is 12.0. The van der Waals surface area contributed by atoms with E-state index in [0.717, 1.165) is 6.07 Å². The molecule has 0 saturated heterocycles. The van der Waals surface area contributed by atoms with Gasteiger partial charge in [-0.05, 0) is 55.2 Å². The van der Waals surface area contributed by atoms with E-state index in [0.29, 0.717) is 34.5 Å². The zero-order valence-electron chi connectivity index (χ0n) is 20.8. The SMILES string of the molecule is Cc1cc(C2=CC(C)CC=C3C(=NCCC(F)(F)F)C=C(C(=O)c4cccc(F)c4)NN32)ccc1C(N)=O. The number of amides is 1. The van der Waals surface area contributed by atoms with Crippen molar-refractivity contribution in [1.82, 2.24) is 10.4 Å². The summed E-state index contributed by atoms with van der Waals surface area (Å²) in [4.78, 5) is 29.3. The minimum atomic E-state index is -4.39. The first-order valence-corrected chi connectivity index (χ1v) is 12.0. The van der Waals surface area contributed by atoms with Crippen LogP contribution in [0.3, 0.4) is 0 Å². The lowest BCUT2D eigenvalue weighted by Gasteiger charge is -2.35. The molecule has 4 rings (SSSR count). The van der Waals surface area contributed by atoms with Crippen LogP contribution in [0.25, 0.3) is 5.70 Å². The molecule has 0 radical (unpaired) electrons. The highest BCUT2D eigenvalue weighted by molar-refractivity contribution is 6.18. The molecule has 2 aliphatic rings. The number of carbonyl (C=O) groups is 2. The van der Waals surface area contributed by atoms with Gasteiger partial charge in [0.2, 0.25) is 11.7 Å². The summed E-state index contributed by atoms with van der Waals surface area (Å²) in [7, 11) is 0. The number of fused-ring (bicyclic) bond motifs is 1. The Hall–Kier alpha value is -4.21. The van der Waals surface area contributed by atoms with Crippen LogP contribution in [0.2, 0.25) is 0 Å². The van der Waals surface area contributed by atoms with E-state index in [4.69, 9.17) is 5.73 Å². The number of benzene rings is 2. The minimum absolute atomic E-state index is 0.0180. The van der Waals surface area contributed by atoms with Crippen molar-refractivity contribution in [2.75, 3.05) is 6.54 Å². The van der Waals surface area contributed by atoms with Gasteiger partial charge >= 0.3 is 6.18 Å². The number of nitrogens with one attached hydrogen (secondary N) is 1. The number of aliphatic imine (C=N–C) groups is 1. The molecule has 10 heteroatoms. The Morgan fingerprint density at radius 1 is 1.16 bits per heavy atom. The van der Waals surface area contributed by atoms with Crippen molar-refractivity contribution in [3.8, 4) is 0 Å². The first-order chi connectivity index (χ1) is 17.9. The summed E-state index contributed by atoms with van der Waals surface area (Å²) in [5.41, 5.74) is 11.6. The molecular weight excluding hydrogens is 500 g/mol. The number of carbonyl (C=O) groups excluding carboxylic acids is 2. The lowest BCUT2D eigenvalue weighted by Crippen LogP contribution is -2.43. The fraction of sp³-hybridized carbons (Fsp3) is 0.250. The van der Waals surface area contributed by atoms with Gasteiger partial charge in [0.1, 0.15) is 11.5 Å². The molecule has 2 aromatic carbocycles. The van der Waals surface area contributed by atoms with E-state index in [1.807, 2.05) is 19.1 Å². The number of rotatable bonds is 6. The third-order valence-electron chi connectivity index (χ3n) is 6.18. The summed E-state index contributed by atoms with van der Waals surface area (Å²) < 4.78 is 52.5. The highest BCUT2D eigenvalue weighted by Gasteiger charge is 2.31. The molecule has 1 atom stereocenters. The van der Waals surface area contributed by atoms with Crippen molar-refractivity contribution in [3.63, 3.8) is 0 Å². The van der Waals surface area contributed by atoms with Crippen LogP contribution < -0.4 is 11.2 Å². The molecule has 198 valence electrons. The number of hydrazine groups is 1. The number of aryl methyl sites for hydroxylation is 1. The van der Waals surface area contributed by atoms with Crippen LogP contribution in [0, 0.1) is 18.7 Å². The predicted molar refractivity (Wildman–Crippen MR) is 136 cm³/mol. The standard InChI is InChI=1S/C28H26F4N4O2/c1-16-6-9-24-22(34-11-10-28(30,31)32)15-23(26(37)19-4-3-5-20(29)14-19)35-36(24)25(12-16)18-7-8-21(27(33)38)17(2)13-18/h3-5,7-9,12-16,35H,6,10-11H2,1-2H3,(H2,33,38). The van der Waals surface area contributed by atoms with Crippen LogP contribution in [0.15, 0.2) is 77.1 Å². The van der Waals surface area contributed by atoms with Crippen LogP contribution in [-0.4, -0.2) is 35.1 Å². The van der Waals surface area contributed by atoms with E-state index in [-0.39, 0.29) is 22.9 Å². The second-order valence-electron chi connectivity index (χ2n) is 9.23. The maximum Gasteiger partial charge on any atom is 0.390 e. The van der Waals surface area contributed by atoms with E-state index < -0.39 is 36.6 Å². The second-order valence-corrected chi connectivity index (χ2v) is 9.23. The Morgan fingerprint density at radius 3 is 2.58 bits per heavy atom. The number of allylic oxidation sites excluding steroid dienone is 4. The van der Waals surface area contributed by atoms with Crippen molar-refractivity contribution in [1.29, 1.82) is 0 Å². The van der Waals surface area contributed by atoms with Crippen LogP contribution >= 0.6 is 0 Å². The van der Waals surface area contributed by atoms with E-state index in [2.05, 4.69) is 10.4 Å². The summed E-state index contributed by atoms with van der Waals surface area (Å²) in [6.07, 6.45) is 0.245. The molecule has 2 aromatic rings. The average Bonchev–Trinajstić information content (AvgIpc) is 3.01. The normalized spacial score (nSPS) is 18.6. The molecule has 0 aromatic heterocycles. The molecule has 6 nitrogen and oxygen atoms in total. The number of hydrogen-bond acceptors (Lipinski definition) is 5. The molecule has 0 saturated carbocycles. The quantitative estimate of drug-likeness (QED) is 0.386. The Bertz CT molecular complexity index is 1410. The predicted octanol–water partition coefficient (Wildman–Crippen LogP) is 5.48. The molecular formula is C28H26F4N4O2. The Balaban J connectivity index is 1.81. The zero-order chi connectivity index (χ0) is 27.6. The molecule has 38 heavy (non-hydrogen) atoms. The van der Waals surface area contributed by atoms with Gasteiger partial charge < -0.3 is 5.73 Å². The summed E-state index contributed by atoms with van der Waals surface area (Å²) in [6.45, 7) is 3.20. The number of ketones is 1. The van der Waals surface area contributed by atoms with Gasteiger partial charge in [-0.3, -0.25) is 25.0 Å². The summed E-state index contributed by atoms with van der Waals surface area (Å²) in [6, 6.07) is 10.2. The summed E-state index contributed by atoms with van der Waals surface area (Å²) >= 11 is 0. The lowest BCUT2D eigenvalue weighted by molar-refractivity contribution is -0.132. The molecule has 2 heterocycles. The van der Waals surface area contributed by atoms with Crippen molar-refractivity contribution < 1.29 is 27.2 Å². The van der Waals surface area contributed by atoms with Gasteiger partial charge in [0, 0.05) is 23.2 Å². The highest BCUT2D eigenvalue weighted by Crippen LogP contribution is 2.33. The molecule has 0 spiro atoms. The molecule has 0 bridgehead atoms. The van der Waals surface area contributed by atoms with Crippen molar-refractivity contribution in [2.24, 2.45) is 16.6 Å². The monoisotopic (exact) mass is 526 g/mol. The van der Waals surface area contributed by atoms with Crippen LogP contribution in [0.4, 0.5) is 17.6 Å².